The molecule has 0 saturated heterocycles. The predicted octanol–water partition coefficient (Wildman–Crippen LogP) is 3.58. The molecule has 6 heteroatoms. The van der Waals surface area contributed by atoms with E-state index in [4.69, 9.17) is 9.84 Å². The van der Waals surface area contributed by atoms with Crippen LogP contribution >= 0.6 is 0 Å². The quantitative estimate of drug-likeness (QED) is 0.489. The van der Waals surface area contributed by atoms with Gasteiger partial charge in [-0.05, 0) is 29.3 Å². The summed E-state index contributed by atoms with van der Waals surface area (Å²) in [5.74, 6) is -0.943. The lowest BCUT2D eigenvalue weighted by atomic mass is 10.1. The SMILES string of the molecule is O=C(COc1ccc(-c2ccccc2)cc1)N/N=C/c1ccccc1C(=O)O. The van der Waals surface area contributed by atoms with Crippen molar-refractivity contribution in [1.29, 1.82) is 0 Å². The lowest BCUT2D eigenvalue weighted by molar-refractivity contribution is -0.123. The van der Waals surface area contributed by atoms with Gasteiger partial charge in [-0.25, -0.2) is 10.2 Å². The van der Waals surface area contributed by atoms with Crippen molar-refractivity contribution in [2.45, 2.75) is 0 Å². The Kier molecular flexibility index (Phi) is 6.15. The van der Waals surface area contributed by atoms with E-state index in [1.807, 2.05) is 42.5 Å². The number of carbonyl (C=O) groups is 2. The molecule has 0 radical (unpaired) electrons. The van der Waals surface area contributed by atoms with E-state index < -0.39 is 11.9 Å². The number of ether oxygens (including phenoxy) is 1. The Hall–Kier alpha value is -3.93. The van der Waals surface area contributed by atoms with E-state index in [2.05, 4.69) is 10.5 Å². The molecule has 0 aliphatic carbocycles. The van der Waals surface area contributed by atoms with E-state index in [0.29, 0.717) is 11.3 Å². The smallest absolute Gasteiger partial charge is 0.336 e. The highest BCUT2D eigenvalue weighted by molar-refractivity contribution is 5.98. The molecular formula is C22H18N2O4. The number of rotatable bonds is 7. The Bertz CT molecular complexity index is 983. The van der Waals surface area contributed by atoms with E-state index in [1.54, 1.807) is 30.3 Å². The molecule has 0 unspecified atom stereocenters. The first-order valence-corrected chi connectivity index (χ1v) is 8.56. The zero-order chi connectivity index (χ0) is 19.8. The molecule has 2 N–H and O–H groups in total. The molecule has 0 spiro atoms. The molecule has 0 aromatic heterocycles. The topological polar surface area (TPSA) is 88.0 Å². The first kappa shape index (κ1) is 18.8. The molecule has 3 aromatic rings. The standard InChI is InChI=1S/C22H18N2O4/c25-21(24-23-14-18-8-4-5-9-20(18)22(26)27)15-28-19-12-10-17(11-13-19)16-6-2-1-3-7-16/h1-14H,15H2,(H,24,25)(H,26,27)/b23-14+. The van der Waals surface area contributed by atoms with Crippen LogP contribution in [0.4, 0.5) is 0 Å². The number of amides is 1. The van der Waals surface area contributed by atoms with Gasteiger partial charge in [0.25, 0.3) is 5.91 Å². The van der Waals surface area contributed by atoms with Crippen LogP contribution in [0.15, 0.2) is 84.0 Å². The van der Waals surface area contributed by atoms with Crippen molar-refractivity contribution in [1.82, 2.24) is 5.43 Å². The average Bonchev–Trinajstić information content (AvgIpc) is 2.73. The van der Waals surface area contributed by atoms with Crippen LogP contribution in [0.2, 0.25) is 0 Å². The zero-order valence-corrected chi connectivity index (χ0v) is 14.9. The molecule has 0 aliphatic rings. The number of carboxylic acid groups (broad SMARTS) is 1. The van der Waals surface area contributed by atoms with Crippen molar-refractivity contribution in [3.05, 3.63) is 90.0 Å². The second-order valence-electron chi connectivity index (χ2n) is 5.86. The Morgan fingerprint density at radius 1 is 0.893 bits per heavy atom. The van der Waals surface area contributed by atoms with E-state index in [-0.39, 0.29) is 12.2 Å². The summed E-state index contributed by atoms with van der Waals surface area (Å²) in [7, 11) is 0. The van der Waals surface area contributed by atoms with E-state index in [1.165, 1.54) is 12.3 Å². The third-order valence-electron chi connectivity index (χ3n) is 3.92. The number of benzene rings is 3. The fourth-order valence-corrected chi connectivity index (χ4v) is 2.53. The van der Waals surface area contributed by atoms with Gasteiger partial charge in [0.1, 0.15) is 5.75 Å². The molecule has 3 rings (SSSR count). The van der Waals surface area contributed by atoms with E-state index in [0.717, 1.165) is 11.1 Å². The molecule has 28 heavy (non-hydrogen) atoms. The number of nitrogens with zero attached hydrogens (tertiary/aromatic N) is 1. The lowest BCUT2D eigenvalue weighted by Gasteiger charge is -2.07. The highest BCUT2D eigenvalue weighted by Gasteiger charge is 2.07. The van der Waals surface area contributed by atoms with E-state index >= 15 is 0 Å². The molecule has 0 saturated carbocycles. The average molecular weight is 374 g/mol. The molecule has 6 nitrogen and oxygen atoms in total. The molecule has 3 aromatic carbocycles. The van der Waals surface area contributed by atoms with E-state index in [9.17, 15) is 9.59 Å². The van der Waals surface area contributed by atoms with Crippen LogP contribution < -0.4 is 10.2 Å². The maximum atomic E-state index is 11.8. The van der Waals surface area contributed by atoms with Crippen LogP contribution in [0.1, 0.15) is 15.9 Å². The maximum Gasteiger partial charge on any atom is 0.336 e. The van der Waals surface area contributed by atoms with Crippen LogP contribution in [-0.2, 0) is 4.79 Å². The van der Waals surface area contributed by atoms with Crippen molar-refractivity contribution in [3.8, 4) is 16.9 Å². The van der Waals surface area contributed by atoms with Crippen LogP contribution in [0, 0.1) is 0 Å². The Morgan fingerprint density at radius 2 is 1.54 bits per heavy atom. The van der Waals surface area contributed by atoms with Crippen LogP contribution in [0.3, 0.4) is 0 Å². The Labute approximate surface area is 162 Å². The molecule has 0 heterocycles. The van der Waals surface area contributed by atoms with Gasteiger partial charge in [0.2, 0.25) is 0 Å². The fraction of sp³-hybridized carbons (Fsp3) is 0.0455. The molecule has 0 bridgehead atoms. The van der Waals surface area contributed by atoms with Gasteiger partial charge in [0.15, 0.2) is 6.61 Å². The zero-order valence-electron chi connectivity index (χ0n) is 14.9. The second-order valence-corrected chi connectivity index (χ2v) is 5.86. The van der Waals surface area contributed by atoms with Crippen LogP contribution in [0.5, 0.6) is 5.75 Å². The summed E-state index contributed by atoms with van der Waals surface area (Å²) < 4.78 is 5.44. The summed E-state index contributed by atoms with van der Waals surface area (Å²) in [6.07, 6.45) is 1.29. The number of aromatic carboxylic acids is 1. The number of carboxylic acids is 1. The third kappa shape index (κ3) is 5.04. The van der Waals surface area contributed by atoms with Crippen molar-refractivity contribution in [2.75, 3.05) is 6.61 Å². The van der Waals surface area contributed by atoms with Gasteiger partial charge in [-0.3, -0.25) is 4.79 Å². The van der Waals surface area contributed by atoms with Gasteiger partial charge in [-0.15, -0.1) is 0 Å². The number of carbonyl (C=O) groups excluding carboxylic acids is 1. The molecule has 0 atom stereocenters. The minimum absolute atomic E-state index is 0.107. The van der Waals surface area contributed by atoms with Crippen molar-refractivity contribution >= 4 is 18.1 Å². The molecule has 1 amide bonds. The number of nitrogens with one attached hydrogen (secondary N) is 1. The van der Waals surface area contributed by atoms with Crippen LogP contribution in [-0.4, -0.2) is 29.8 Å². The molecule has 0 fully saturated rings. The summed E-state index contributed by atoms with van der Waals surface area (Å²) in [4.78, 5) is 23.0. The number of hydrazone groups is 1. The Balaban J connectivity index is 1.51. The highest BCUT2D eigenvalue weighted by Crippen LogP contribution is 2.21. The summed E-state index contributed by atoms with van der Waals surface area (Å²) in [5.41, 5.74) is 4.97. The minimum atomic E-state index is -1.06. The number of hydrogen-bond acceptors (Lipinski definition) is 4. The molecular weight excluding hydrogens is 356 g/mol. The predicted molar refractivity (Wildman–Crippen MR) is 107 cm³/mol. The first-order valence-electron chi connectivity index (χ1n) is 8.56. The largest absolute Gasteiger partial charge is 0.484 e. The van der Waals surface area contributed by atoms with Gasteiger partial charge < -0.3 is 9.84 Å². The lowest BCUT2D eigenvalue weighted by Crippen LogP contribution is -2.24. The minimum Gasteiger partial charge on any atom is -0.484 e. The van der Waals surface area contributed by atoms with Gasteiger partial charge in [-0.1, -0.05) is 60.7 Å². The maximum absolute atomic E-state index is 11.8. The van der Waals surface area contributed by atoms with Gasteiger partial charge in [-0.2, -0.15) is 5.10 Å². The molecule has 140 valence electrons. The summed E-state index contributed by atoms with van der Waals surface area (Å²) >= 11 is 0. The normalized spacial score (nSPS) is 10.6. The van der Waals surface area contributed by atoms with Crippen molar-refractivity contribution < 1.29 is 19.4 Å². The Morgan fingerprint density at radius 3 is 2.25 bits per heavy atom. The molecule has 0 aliphatic heterocycles. The van der Waals surface area contributed by atoms with Crippen molar-refractivity contribution in [2.24, 2.45) is 5.10 Å². The highest BCUT2D eigenvalue weighted by atomic mass is 16.5. The summed E-state index contributed by atoms with van der Waals surface area (Å²) in [5, 5.41) is 12.9. The summed E-state index contributed by atoms with van der Waals surface area (Å²) in [6, 6.07) is 23.7. The second kappa shape index (κ2) is 9.14. The summed E-state index contributed by atoms with van der Waals surface area (Å²) in [6.45, 7) is -0.206. The third-order valence-corrected chi connectivity index (χ3v) is 3.92. The van der Waals surface area contributed by atoms with Gasteiger partial charge in [0, 0.05) is 5.56 Å². The van der Waals surface area contributed by atoms with Gasteiger partial charge in [0.05, 0.1) is 11.8 Å². The first-order chi connectivity index (χ1) is 13.6. The number of hydrogen-bond donors (Lipinski definition) is 2. The van der Waals surface area contributed by atoms with Gasteiger partial charge >= 0.3 is 5.97 Å². The van der Waals surface area contributed by atoms with Crippen LogP contribution in [0.25, 0.3) is 11.1 Å². The monoisotopic (exact) mass is 374 g/mol. The van der Waals surface area contributed by atoms with Crippen molar-refractivity contribution in [3.63, 3.8) is 0 Å². The fourth-order valence-electron chi connectivity index (χ4n) is 2.53.